The van der Waals surface area contributed by atoms with Crippen LogP contribution in [0.5, 0.6) is 11.5 Å². The summed E-state index contributed by atoms with van der Waals surface area (Å²) in [6.45, 7) is 2.29. The molecule has 0 bridgehead atoms. The Hall–Kier alpha value is -3.47. The molecule has 0 aromatic heterocycles. The number of carboxylic acids is 2. The molecule has 0 spiro atoms. The number of aliphatic carboxylic acids is 2. The second-order valence-corrected chi connectivity index (χ2v) is 5.78. The van der Waals surface area contributed by atoms with E-state index in [1.54, 1.807) is 0 Å². The van der Waals surface area contributed by atoms with Gasteiger partial charge < -0.3 is 30.7 Å². The molecule has 1 aromatic carbocycles. The molecule has 0 aliphatic rings. The number of amides is 1. The number of nitrogens with one attached hydrogen (secondary N) is 1. The maximum absolute atomic E-state index is 11.9. The summed E-state index contributed by atoms with van der Waals surface area (Å²) in [4.78, 5) is 56.3. The zero-order valence-electron chi connectivity index (χ0n) is 15.1. The van der Waals surface area contributed by atoms with E-state index >= 15 is 0 Å². The molecule has 1 amide bonds. The third kappa shape index (κ3) is 7.41. The van der Waals surface area contributed by atoms with Gasteiger partial charge in [-0.3, -0.25) is 19.2 Å². The van der Waals surface area contributed by atoms with Crippen LogP contribution >= 0.6 is 0 Å². The molecular formula is C17H20N2O9. The molecule has 0 heterocycles. The van der Waals surface area contributed by atoms with Gasteiger partial charge in [0.05, 0.1) is 12.5 Å². The Bertz CT molecular complexity index is 791. The van der Waals surface area contributed by atoms with Gasteiger partial charge in [0.15, 0.2) is 11.5 Å². The zero-order chi connectivity index (χ0) is 21.4. The molecule has 0 aliphatic heterocycles. The lowest BCUT2D eigenvalue weighted by Crippen LogP contribution is -2.49. The lowest BCUT2D eigenvalue weighted by molar-refractivity contribution is -0.142. The normalized spacial score (nSPS) is 12.4. The Balaban J connectivity index is 3.01. The zero-order valence-corrected chi connectivity index (χ0v) is 15.1. The first-order chi connectivity index (χ1) is 13.0. The molecule has 0 saturated carbocycles. The third-order valence-electron chi connectivity index (χ3n) is 3.30. The van der Waals surface area contributed by atoms with Crippen LogP contribution in [0.15, 0.2) is 18.2 Å². The fourth-order valence-electron chi connectivity index (χ4n) is 2.15. The average Bonchev–Trinajstić information content (AvgIpc) is 2.54. The molecule has 2 atom stereocenters. The van der Waals surface area contributed by atoms with Crippen LogP contribution in [0.25, 0.3) is 0 Å². The summed E-state index contributed by atoms with van der Waals surface area (Å²) < 4.78 is 9.87. The van der Waals surface area contributed by atoms with Crippen LogP contribution in [0, 0.1) is 0 Å². The van der Waals surface area contributed by atoms with E-state index in [0.29, 0.717) is 5.56 Å². The quantitative estimate of drug-likeness (QED) is 0.312. The minimum atomic E-state index is -1.42. The Labute approximate surface area is 159 Å². The van der Waals surface area contributed by atoms with Crippen LogP contribution < -0.4 is 20.5 Å². The highest BCUT2D eigenvalue weighted by atomic mass is 16.6. The number of ether oxygens (including phenoxy) is 2. The summed E-state index contributed by atoms with van der Waals surface area (Å²) in [5.74, 6) is -5.09. The minimum absolute atomic E-state index is 0.0363. The van der Waals surface area contributed by atoms with Gasteiger partial charge in [-0.1, -0.05) is 6.07 Å². The monoisotopic (exact) mass is 396 g/mol. The van der Waals surface area contributed by atoms with E-state index in [4.69, 9.17) is 20.3 Å². The highest BCUT2D eigenvalue weighted by molar-refractivity contribution is 5.89. The molecule has 28 heavy (non-hydrogen) atoms. The Kier molecular flexibility index (Phi) is 8.07. The number of nitrogens with two attached hydrogens (primary N) is 1. The second-order valence-electron chi connectivity index (χ2n) is 5.78. The van der Waals surface area contributed by atoms with Gasteiger partial charge in [0.1, 0.15) is 6.04 Å². The summed E-state index contributed by atoms with van der Waals surface area (Å²) in [5, 5.41) is 20.1. The standard InChI is InChI=1S/C17H20N2O9/c1-8(20)27-13-4-3-10(6-14(13)28-9(2)21)5-12(17(25)26)19-16(24)11(18)7-15(22)23/h3-4,6,11-12H,5,7,18H2,1-2H3,(H,19,24)(H,22,23)(H,25,26)/t11-,12-/m0/s1. The topological polar surface area (TPSA) is 182 Å². The van der Waals surface area contributed by atoms with Crippen LogP contribution in [0.1, 0.15) is 25.8 Å². The molecule has 11 nitrogen and oxygen atoms in total. The molecule has 11 heteroatoms. The Morgan fingerprint density at radius 2 is 1.61 bits per heavy atom. The highest BCUT2D eigenvalue weighted by Gasteiger charge is 2.25. The van der Waals surface area contributed by atoms with Crippen molar-refractivity contribution >= 4 is 29.8 Å². The van der Waals surface area contributed by atoms with Crippen LogP contribution in [0.4, 0.5) is 0 Å². The van der Waals surface area contributed by atoms with Crippen molar-refractivity contribution < 1.29 is 43.7 Å². The van der Waals surface area contributed by atoms with Gasteiger partial charge in [0.25, 0.3) is 0 Å². The van der Waals surface area contributed by atoms with E-state index in [9.17, 15) is 29.1 Å². The van der Waals surface area contributed by atoms with E-state index in [1.807, 2.05) is 0 Å². The summed E-state index contributed by atoms with van der Waals surface area (Å²) in [6.07, 6.45) is -0.888. The molecule has 5 N–H and O–H groups in total. The number of hydrogen-bond donors (Lipinski definition) is 4. The predicted octanol–water partition coefficient (Wildman–Crippen LogP) is -0.549. The highest BCUT2D eigenvalue weighted by Crippen LogP contribution is 2.29. The number of hydrogen-bond acceptors (Lipinski definition) is 8. The van der Waals surface area contributed by atoms with Crippen LogP contribution in [0.3, 0.4) is 0 Å². The van der Waals surface area contributed by atoms with Crippen molar-refractivity contribution in [3.8, 4) is 11.5 Å². The van der Waals surface area contributed by atoms with E-state index in [2.05, 4.69) is 5.32 Å². The molecule has 152 valence electrons. The van der Waals surface area contributed by atoms with Gasteiger partial charge in [0.2, 0.25) is 5.91 Å². The fraction of sp³-hybridized carbons (Fsp3) is 0.353. The smallest absolute Gasteiger partial charge is 0.326 e. The van der Waals surface area contributed by atoms with E-state index in [0.717, 1.165) is 13.8 Å². The van der Waals surface area contributed by atoms with Gasteiger partial charge in [-0.05, 0) is 17.7 Å². The molecule has 0 saturated heterocycles. The van der Waals surface area contributed by atoms with Crippen molar-refractivity contribution in [2.75, 3.05) is 0 Å². The van der Waals surface area contributed by atoms with Crippen molar-refractivity contribution in [3.63, 3.8) is 0 Å². The number of carboxylic acid groups (broad SMARTS) is 2. The van der Waals surface area contributed by atoms with Gasteiger partial charge >= 0.3 is 23.9 Å². The fourth-order valence-corrected chi connectivity index (χ4v) is 2.15. The molecule has 0 fully saturated rings. The molecular weight excluding hydrogens is 376 g/mol. The van der Waals surface area contributed by atoms with Crippen molar-refractivity contribution in [3.05, 3.63) is 23.8 Å². The number of rotatable bonds is 9. The van der Waals surface area contributed by atoms with Crippen molar-refractivity contribution in [1.82, 2.24) is 5.32 Å². The maximum Gasteiger partial charge on any atom is 0.326 e. The molecule has 1 rings (SSSR count). The largest absolute Gasteiger partial charge is 0.481 e. The predicted molar refractivity (Wildman–Crippen MR) is 92.6 cm³/mol. The van der Waals surface area contributed by atoms with E-state index in [-0.39, 0.29) is 17.9 Å². The molecule has 0 radical (unpaired) electrons. The summed E-state index contributed by atoms with van der Waals surface area (Å²) in [6, 6.07) is 1.19. The van der Waals surface area contributed by atoms with Crippen LogP contribution in [-0.2, 0) is 30.4 Å². The molecule has 1 aromatic rings. The van der Waals surface area contributed by atoms with Crippen LogP contribution in [0.2, 0.25) is 0 Å². The maximum atomic E-state index is 11.9. The lowest BCUT2D eigenvalue weighted by Gasteiger charge is -2.18. The summed E-state index contributed by atoms with van der Waals surface area (Å²) >= 11 is 0. The first kappa shape index (κ1) is 22.6. The SMILES string of the molecule is CC(=O)Oc1ccc(C[C@H](NC(=O)[C@@H](N)CC(=O)O)C(=O)O)cc1OC(C)=O. The minimum Gasteiger partial charge on any atom is -0.481 e. The van der Waals surface area contributed by atoms with Gasteiger partial charge in [-0.25, -0.2) is 4.79 Å². The Morgan fingerprint density at radius 3 is 2.11 bits per heavy atom. The summed E-state index contributed by atoms with van der Waals surface area (Å²) in [5.41, 5.74) is 5.75. The first-order valence-electron chi connectivity index (χ1n) is 8.00. The van der Waals surface area contributed by atoms with Crippen LogP contribution in [-0.4, -0.2) is 52.1 Å². The number of esters is 2. The average molecular weight is 396 g/mol. The van der Waals surface area contributed by atoms with Gasteiger partial charge in [-0.2, -0.15) is 0 Å². The second kappa shape index (κ2) is 10.0. The Morgan fingerprint density at radius 1 is 1.04 bits per heavy atom. The number of carbonyl (C=O) groups is 5. The van der Waals surface area contributed by atoms with E-state index in [1.165, 1.54) is 18.2 Å². The van der Waals surface area contributed by atoms with Crippen molar-refractivity contribution in [1.29, 1.82) is 0 Å². The molecule has 0 unspecified atom stereocenters. The summed E-state index contributed by atoms with van der Waals surface area (Å²) in [7, 11) is 0. The first-order valence-corrected chi connectivity index (χ1v) is 8.00. The van der Waals surface area contributed by atoms with Gasteiger partial charge in [0, 0.05) is 20.3 Å². The van der Waals surface area contributed by atoms with E-state index < -0.39 is 48.3 Å². The third-order valence-corrected chi connectivity index (χ3v) is 3.30. The number of carbonyl (C=O) groups excluding carboxylic acids is 3. The van der Waals surface area contributed by atoms with Crippen molar-refractivity contribution in [2.24, 2.45) is 5.73 Å². The van der Waals surface area contributed by atoms with Gasteiger partial charge in [-0.15, -0.1) is 0 Å². The number of benzene rings is 1. The van der Waals surface area contributed by atoms with Crippen molar-refractivity contribution in [2.45, 2.75) is 38.8 Å². The lowest BCUT2D eigenvalue weighted by atomic mass is 10.0. The molecule has 0 aliphatic carbocycles.